The molecule has 0 rings (SSSR count). The van der Waals surface area contributed by atoms with Gasteiger partial charge in [0.25, 0.3) is 0 Å². The number of ether oxygens (including phenoxy) is 4. The Balaban J connectivity index is 5.28. The fraction of sp³-hybridized carbons (Fsp3) is 0.941. The van der Waals surface area contributed by atoms with Gasteiger partial charge in [-0.15, -0.1) is 0 Å². The molecule has 7 atom stereocenters. The van der Waals surface area contributed by atoms with Crippen molar-refractivity contribution in [3.05, 3.63) is 0 Å². The second-order valence-electron chi connectivity index (χ2n) is 26.0. The lowest BCUT2D eigenvalue weighted by atomic mass is 9.99. The highest BCUT2D eigenvalue weighted by Gasteiger charge is 2.30. The zero-order valence-electron chi connectivity index (χ0n) is 56.6. The molecule has 0 radical (unpaired) electrons. The van der Waals surface area contributed by atoms with Gasteiger partial charge in [-0.3, -0.25) is 37.3 Å². The van der Waals surface area contributed by atoms with Crippen LogP contribution in [0, 0.1) is 23.7 Å². The third-order valence-corrected chi connectivity index (χ3v) is 18.2. The number of phosphoric acid groups is 2. The maximum absolute atomic E-state index is 13.0. The van der Waals surface area contributed by atoms with Crippen LogP contribution in [0.5, 0.6) is 0 Å². The highest BCUT2D eigenvalue weighted by atomic mass is 31.2. The maximum Gasteiger partial charge on any atom is 0.472 e. The van der Waals surface area contributed by atoms with E-state index >= 15 is 0 Å². The van der Waals surface area contributed by atoms with Crippen LogP contribution < -0.4 is 0 Å². The van der Waals surface area contributed by atoms with Crippen LogP contribution in [0.2, 0.25) is 0 Å². The van der Waals surface area contributed by atoms with E-state index in [0.29, 0.717) is 25.7 Å². The Morgan fingerprint density at radius 1 is 0.322 bits per heavy atom. The zero-order valence-corrected chi connectivity index (χ0v) is 58.4. The SMILES string of the molecule is CCC(C)CCCCCCCCCCC(=O)O[C@H](COC(=O)CCCCCCCCC(C)CC)COP(=O)(O)OC[C@H](O)COP(=O)(O)OC[C@@H](COC(=O)CCCCCCCCCCCC(C)C)OC(=O)CCCCCCCCCCCCC(C)C. The van der Waals surface area contributed by atoms with E-state index in [2.05, 4.69) is 55.4 Å². The lowest BCUT2D eigenvalue weighted by Crippen LogP contribution is -2.30. The molecular formula is C68H132O17P2. The Bertz CT molecular complexity index is 1730. The van der Waals surface area contributed by atoms with Gasteiger partial charge in [0.15, 0.2) is 12.2 Å². The van der Waals surface area contributed by atoms with Gasteiger partial charge in [0.2, 0.25) is 0 Å². The van der Waals surface area contributed by atoms with Crippen molar-refractivity contribution >= 4 is 39.5 Å². The lowest BCUT2D eigenvalue weighted by Gasteiger charge is -2.21. The molecule has 516 valence electrons. The van der Waals surface area contributed by atoms with Crippen LogP contribution in [0.25, 0.3) is 0 Å². The number of rotatable bonds is 65. The van der Waals surface area contributed by atoms with Gasteiger partial charge in [0, 0.05) is 25.7 Å². The molecule has 0 saturated carbocycles. The number of carbonyl (C=O) groups is 4. The largest absolute Gasteiger partial charge is 0.472 e. The van der Waals surface area contributed by atoms with E-state index in [1.165, 1.54) is 128 Å². The van der Waals surface area contributed by atoms with Gasteiger partial charge in [0.1, 0.15) is 19.3 Å². The molecule has 0 amide bonds. The number of carbonyl (C=O) groups excluding carboxylic acids is 4. The highest BCUT2D eigenvalue weighted by molar-refractivity contribution is 7.47. The Labute approximate surface area is 530 Å². The van der Waals surface area contributed by atoms with Crippen LogP contribution in [-0.2, 0) is 65.4 Å². The van der Waals surface area contributed by atoms with Crippen molar-refractivity contribution in [1.82, 2.24) is 0 Å². The number of hydrogen-bond acceptors (Lipinski definition) is 15. The first-order chi connectivity index (χ1) is 41.7. The molecule has 0 fully saturated rings. The Hall–Kier alpha value is -1.94. The van der Waals surface area contributed by atoms with E-state index in [1.807, 2.05) is 0 Å². The van der Waals surface area contributed by atoms with E-state index < -0.39 is 97.5 Å². The van der Waals surface area contributed by atoms with E-state index in [-0.39, 0.29) is 25.7 Å². The van der Waals surface area contributed by atoms with E-state index in [0.717, 1.165) is 120 Å². The monoisotopic (exact) mass is 1280 g/mol. The minimum Gasteiger partial charge on any atom is -0.462 e. The molecule has 19 heteroatoms. The average molecular weight is 1280 g/mol. The van der Waals surface area contributed by atoms with Gasteiger partial charge in [-0.2, -0.15) is 0 Å². The molecule has 4 unspecified atom stereocenters. The molecular weight excluding hydrogens is 1150 g/mol. The van der Waals surface area contributed by atoms with Crippen molar-refractivity contribution in [3.63, 3.8) is 0 Å². The number of unbranched alkanes of at least 4 members (excludes halogenated alkanes) is 29. The van der Waals surface area contributed by atoms with Crippen LogP contribution in [-0.4, -0.2) is 96.7 Å². The lowest BCUT2D eigenvalue weighted by molar-refractivity contribution is -0.161. The van der Waals surface area contributed by atoms with Gasteiger partial charge in [-0.25, -0.2) is 9.13 Å². The topological polar surface area (TPSA) is 237 Å². The minimum atomic E-state index is -4.95. The molecule has 0 aliphatic heterocycles. The van der Waals surface area contributed by atoms with E-state index in [4.69, 9.17) is 37.0 Å². The molecule has 3 N–H and O–H groups in total. The smallest absolute Gasteiger partial charge is 0.462 e. The summed E-state index contributed by atoms with van der Waals surface area (Å²) in [5.41, 5.74) is 0. The predicted octanol–water partition coefficient (Wildman–Crippen LogP) is 18.9. The molecule has 0 saturated heterocycles. The van der Waals surface area contributed by atoms with Crippen LogP contribution in [0.1, 0.15) is 331 Å². The van der Waals surface area contributed by atoms with Gasteiger partial charge in [-0.05, 0) is 49.4 Å². The van der Waals surface area contributed by atoms with Crippen molar-refractivity contribution in [1.29, 1.82) is 0 Å². The molecule has 0 aromatic rings. The molecule has 0 aromatic heterocycles. The third kappa shape index (κ3) is 60.1. The summed E-state index contributed by atoms with van der Waals surface area (Å²) in [6.07, 6.45) is 38.9. The van der Waals surface area contributed by atoms with Crippen molar-refractivity contribution in [2.75, 3.05) is 39.6 Å². The van der Waals surface area contributed by atoms with Gasteiger partial charge in [0.05, 0.1) is 26.4 Å². The molecule has 0 heterocycles. The summed E-state index contributed by atoms with van der Waals surface area (Å²) < 4.78 is 68.2. The molecule has 0 bridgehead atoms. The van der Waals surface area contributed by atoms with Crippen LogP contribution >= 0.6 is 15.6 Å². The molecule has 0 aromatic carbocycles. The number of esters is 4. The molecule has 87 heavy (non-hydrogen) atoms. The maximum atomic E-state index is 13.0. The highest BCUT2D eigenvalue weighted by Crippen LogP contribution is 2.45. The summed E-state index contributed by atoms with van der Waals surface area (Å²) in [4.78, 5) is 72.4. The average Bonchev–Trinajstić information content (AvgIpc) is 3.70. The van der Waals surface area contributed by atoms with Crippen LogP contribution in [0.4, 0.5) is 0 Å². The first-order valence-electron chi connectivity index (χ1n) is 35.3. The fourth-order valence-corrected chi connectivity index (χ4v) is 11.7. The summed E-state index contributed by atoms with van der Waals surface area (Å²) in [7, 11) is -9.90. The van der Waals surface area contributed by atoms with Crippen LogP contribution in [0.3, 0.4) is 0 Å². The minimum absolute atomic E-state index is 0.103. The van der Waals surface area contributed by atoms with Gasteiger partial charge < -0.3 is 33.8 Å². The second kappa shape index (κ2) is 57.9. The van der Waals surface area contributed by atoms with E-state index in [1.54, 1.807) is 0 Å². The van der Waals surface area contributed by atoms with E-state index in [9.17, 15) is 43.2 Å². The summed E-state index contributed by atoms with van der Waals surface area (Å²) in [6.45, 7) is 14.1. The molecule has 0 aliphatic carbocycles. The quantitative estimate of drug-likeness (QED) is 0.0222. The third-order valence-electron chi connectivity index (χ3n) is 16.3. The van der Waals surface area contributed by atoms with Gasteiger partial charge in [-0.1, -0.05) is 280 Å². The van der Waals surface area contributed by atoms with Crippen molar-refractivity contribution in [3.8, 4) is 0 Å². The summed E-state index contributed by atoms with van der Waals surface area (Å²) >= 11 is 0. The number of aliphatic hydroxyl groups excluding tert-OH is 1. The first-order valence-corrected chi connectivity index (χ1v) is 38.3. The predicted molar refractivity (Wildman–Crippen MR) is 349 cm³/mol. The molecule has 0 aliphatic rings. The summed E-state index contributed by atoms with van der Waals surface area (Å²) in [6, 6.07) is 0. The Kier molecular flexibility index (Phi) is 56.6. The first kappa shape index (κ1) is 85.1. The zero-order chi connectivity index (χ0) is 64.7. The molecule has 17 nitrogen and oxygen atoms in total. The van der Waals surface area contributed by atoms with Crippen LogP contribution in [0.15, 0.2) is 0 Å². The standard InChI is InChI=1S/C68H132O17P2/c1-9-60(7)46-38-30-22-18-19-25-35-43-51-68(73)85-64(55-79-66(71)49-41-33-27-26-31-39-47-61(8)10-2)57-83-87(76,77)81-53-62(69)52-80-86(74,75)82-56-63(54-78-65(70)48-40-32-23-17-13-15-21-29-37-45-59(5)6)84-67(72)50-42-34-24-16-12-11-14-20-28-36-44-58(3)4/h58-64,69H,9-57H2,1-8H3,(H,74,75)(H,76,77)/t60?,61?,62-,63-,64-/m1/s1. The van der Waals surface area contributed by atoms with Gasteiger partial charge >= 0.3 is 39.5 Å². The fourth-order valence-electron chi connectivity index (χ4n) is 10.1. The van der Waals surface area contributed by atoms with Crippen molar-refractivity contribution < 1.29 is 80.2 Å². The summed E-state index contributed by atoms with van der Waals surface area (Å²) in [5.74, 6) is 0.862. The Morgan fingerprint density at radius 2 is 0.552 bits per heavy atom. The normalized spacial score (nSPS) is 15.0. The summed E-state index contributed by atoms with van der Waals surface area (Å²) in [5, 5.41) is 10.6. The Morgan fingerprint density at radius 3 is 0.816 bits per heavy atom. The number of aliphatic hydroxyl groups is 1. The second-order valence-corrected chi connectivity index (χ2v) is 28.9. The number of phosphoric ester groups is 2. The van der Waals surface area contributed by atoms with Crippen molar-refractivity contribution in [2.45, 2.75) is 350 Å². The number of hydrogen-bond donors (Lipinski definition) is 3. The molecule has 0 spiro atoms. The van der Waals surface area contributed by atoms with Crippen molar-refractivity contribution in [2.24, 2.45) is 23.7 Å².